The summed E-state index contributed by atoms with van der Waals surface area (Å²) in [7, 11) is 1.60. The minimum atomic E-state index is -0.0939. The van der Waals surface area contributed by atoms with E-state index >= 15 is 0 Å². The van der Waals surface area contributed by atoms with Crippen LogP contribution in [0.1, 0.15) is 30.9 Å². The van der Waals surface area contributed by atoms with Crippen LogP contribution in [0.4, 0.5) is 0 Å². The van der Waals surface area contributed by atoms with Crippen molar-refractivity contribution < 1.29 is 9.53 Å². The molecule has 0 aliphatic carbocycles. The highest BCUT2D eigenvalue weighted by molar-refractivity contribution is 5.76. The maximum Gasteiger partial charge on any atom is 0.272 e. The molecule has 2 aromatic heterocycles. The van der Waals surface area contributed by atoms with Crippen molar-refractivity contribution in [3.8, 4) is 0 Å². The topological polar surface area (TPSA) is 79.7 Å². The van der Waals surface area contributed by atoms with Crippen LogP contribution >= 0.6 is 0 Å². The van der Waals surface area contributed by atoms with Crippen LogP contribution in [0.5, 0.6) is 0 Å². The van der Waals surface area contributed by atoms with Gasteiger partial charge in [-0.05, 0) is 12.8 Å². The zero-order valence-corrected chi connectivity index (χ0v) is 12.6. The first-order valence-electron chi connectivity index (χ1n) is 7.53. The molecule has 0 bridgehead atoms. The molecular weight excluding hydrogens is 284 g/mol. The fourth-order valence-electron chi connectivity index (χ4n) is 2.93. The van der Waals surface area contributed by atoms with E-state index in [4.69, 9.17) is 4.74 Å². The Kier molecular flexibility index (Phi) is 4.24. The molecule has 1 amide bonds. The lowest BCUT2D eigenvalue weighted by Gasteiger charge is -2.31. The fourth-order valence-corrected chi connectivity index (χ4v) is 2.93. The van der Waals surface area contributed by atoms with E-state index in [9.17, 15) is 9.59 Å². The normalized spacial score (nSPS) is 16.3. The number of methoxy groups -OCH3 is 1. The summed E-state index contributed by atoms with van der Waals surface area (Å²) in [6, 6.07) is 3.38. The second-order valence-electron chi connectivity index (χ2n) is 5.57. The molecule has 1 N–H and O–H groups in total. The Labute approximate surface area is 127 Å². The molecule has 22 heavy (non-hydrogen) atoms. The molecule has 3 heterocycles. The molecule has 0 saturated carbocycles. The maximum absolute atomic E-state index is 12.0. The van der Waals surface area contributed by atoms with Crippen molar-refractivity contribution in [2.24, 2.45) is 0 Å². The van der Waals surface area contributed by atoms with E-state index in [2.05, 4.69) is 10.1 Å². The lowest BCUT2D eigenvalue weighted by molar-refractivity contribution is -0.133. The van der Waals surface area contributed by atoms with Gasteiger partial charge in [-0.15, -0.1) is 0 Å². The zero-order chi connectivity index (χ0) is 15.5. The Morgan fingerprint density at radius 3 is 2.95 bits per heavy atom. The molecule has 0 aromatic carbocycles. The number of ether oxygens (including phenoxy) is 1. The van der Waals surface area contributed by atoms with Gasteiger partial charge in [0.1, 0.15) is 0 Å². The third-order valence-electron chi connectivity index (χ3n) is 4.19. The summed E-state index contributed by atoms with van der Waals surface area (Å²) in [5.74, 6) is 0.369. The average molecular weight is 304 g/mol. The van der Waals surface area contributed by atoms with E-state index in [0.29, 0.717) is 31.8 Å². The minimum absolute atomic E-state index is 0.0939. The number of H-pyrrole nitrogens is 1. The van der Waals surface area contributed by atoms with Gasteiger partial charge in [0.05, 0.1) is 18.7 Å². The van der Waals surface area contributed by atoms with Crippen LogP contribution < -0.4 is 5.56 Å². The monoisotopic (exact) mass is 304 g/mol. The standard InChI is InChI=1S/C15H20N4O3/c1-22-9-5-14(20)18-7-3-11(4-8-18)12-10-15(21)19-13(17-12)2-6-16-19/h2,6,10-11,16H,3-5,7-9H2,1H3. The molecule has 1 aliphatic rings. The molecule has 1 fully saturated rings. The Morgan fingerprint density at radius 1 is 1.45 bits per heavy atom. The minimum Gasteiger partial charge on any atom is -0.384 e. The number of hydrogen-bond acceptors (Lipinski definition) is 4. The van der Waals surface area contributed by atoms with Crippen molar-refractivity contribution in [2.45, 2.75) is 25.2 Å². The molecule has 3 rings (SSSR count). The number of fused-ring (bicyclic) bond motifs is 1. The summed E-state index contributed by atoms with van der Waals surface area (Å²) in [5, 5.41) is 2.84. The number of aromatic amines is 1. The van der Waals surface area contributed by atoms with E-state index in [0.717, 1.165) is 18.5 Å². The first kappa shape index (κ1) is 14.8. The molecule has 118 valence electrons. The Balaban J connectivity index is 1.67. The van der Waals surface area contributed by atoms with Crippen LogP contribution in [0.2, 0.25) is 0 Å². The van der Waals surface area contributed by atoms with Crippen molar-refractivity contribution >= 4 is 11.6 Å². The van der Waals surface area contributed by atoms with Crippen molar-refractivity contribution in [2.75, 3.05) is 26.8 Å². The number of carbonyl (C=O) groups excluding carboxylic acids is 1. The predicted octanol–water partition coefficient (Wildman–Crippen LogP) is 0.765. The van der Waals surface area contributed by atoms with E-state index in [1.54, 1.807) is 25.4 Å². The van der Waals surface area contributed by atoms with Gasteiger partial charge < -0.3 is 9.64 Å². The first-order chi connectivity index (χ1) is 10.7. The third kappa shape index (κ3) is 2.89. The highest BCUT2D eigenvalue weighted by Crippen LogP contribution is 2.26. The molecule has 2 aromatic rings. The first-order valence-corrected chi connectivity index (χ1v) is 7.53. The number of nitrogens with one attached hydrogen (secondary N) is 1. The van der Waals surface area contributed by atoms with Crippen LogP contribution in [0.25, 0.3) is 5.65 Å². The SMILES string of the molecule is COCCC(=O)N1CCC(c2cc(=O)n3[nH]ccc3n2)CC1. The van der Waals surface area contributed by atoms with Crippen molar-refractivity contribution in [1.82, 2.24) is 19.5 Å². The van der Waals surface area contributed by atoms with Crippen molar-refractivity contribution in [3.05, 3.63) is 34.4 Å². The summed E-state index contributed by atoms with van der Waals surface area (Å²) < 4.78 is 6.37. The molecular formula is C15H20N4O3. The number of aromatic nitrogens is 3. The molecule has 7 heteroatoms. The van der Waals surface area contributed by atoms with Gasteiger partial charge in [0.15, 0.2) is 5.65 Å². The lowest BCUT2D eigenvalue weighted by Crippen LogP contribution is -2.38. The zero-order valence-electron chi connectivity index (χ0n) is 12.6. The van der Waals surface area contributed by atoms with Crippen molar-refractivity contribution in [1.29, 1.82) is 0 Å². The highest BCUT2D eigenvalue weighted by Gasteiger charge is 2.25. The summed E-state index contributed by atoms with van der Waals surface area (Å²) in [4.78, 5) is 30.4. The summed E-state index contributed by atoms with van der Waals surface area (Å²) in [6.07, 6.45) is 3.80. The van der Waals surface area contributed by atoms with Crippen LogP contribution in [0.15, 0.2) is 23.1 Å². The van der Waals surface area contributed by atoms with E-state index in [1.165, 1.54) is 4.52 Å². The number of amides is 1. The molecule has 0 spiro atoms. The van der Waals surface area contributed by atoms with Gasteiger partial charge in [0, 0.05) is 44.4 Å². The second kappa shape index (κ2) is 6.31. The van der Waals surface area contributed by atoms with Gasteiger partial charge in [-0.25, -0.2) is 9.50 Å². The summed E-state index contributed by atoms with van der Waals surface area (Å²) in [5.41, 5.74) is 1.37. The Bertz CT molecular complexity index is 713. The number of carbonyl (C=O) groups is 1. The largest absolute Gasteiger partial charge is 0.384 e. The molecule has 0 radical (unpaired) electrons. The van der Waals surface area contributed by atoms with E-state index in [1.807, 2.05) is 4.90 Å². The van der Waals surface area contributed by atoms with Crippen LogP contribution in [-0.4, -0.2) is 52.2 Å². The van der Waals surface area contributed by atoms with Crippen LogP contribution in [-0.2, 0) is 9.53 Å². The molecule has 7 nitrogen and oxygen atoms in total. The number of hydrogen-bond donors (Lipinski definition) is 1. The van der Waals surface area contributed by atoms with E-state index in [-0.39, 0.29) is 17.4 Å². The van der Waals surface area contributed by atoms with Crippen LogP contribution in [0.3, 0.4) is 0 Å². The predicted molar refractivity (Wildman–Crippen MR) is 80.9 cm³/mol. The van der Waals surface area contributed by atoms with Gasteiger partial charge in [-0.2, -0.15) is 0 Å². The molecule has 1 aliphatic heterocycles. The highest BCUT2D eigenvalue weighted by atomic mass is 16.5. The smallest absolute Gasteiger partial charge is 0.272 e. The number of piperidine rings is 1. The van der Waals surface area contributed by atoms with Gasteiger partial charge in [0.2, 0.25) is 5.91 Å². The summed E-state index contributed by atoms with van der Waals surface area (Å²) >= 11 is 0. The number of nitrogens with zero attached hydrogens (tertiary/aromatic N) is 3. The number of rotatable bonds is 4. The second-order valence-corrected chi connectivity index (χ2v) is 5.57. The lowest BCUT2D eigenvalue weighted by atomic mass is 9.93. The molecule has 0 atom stereocenters. The van der Waals surface area contributed by atoms with Gasteiger partial charge in [-0.1, -0.05) is 0 Å². The fraction of sp³-hybridized carbons (Fsp3) is 0.533. The van der Waals surface area contributed by atoms with E-state index < -0.39 is 0 Å². The van der Waals surface area contributed by atoms with Gasteiger partial charge in [0.25, 0.3) is 5.56 Å². The van der Waals surface area contributed by atoms with Crippen LogP contribution in [0, 0.1) is 0 Å². The Hall–Kier alpha value is -2.15. The Morgan fingerprint density at radius 2 is 2.23 bits per heavy atom. The average Bonchev–Trinajstić information content (AvgIpc) is 3.02. The number of likely N-dealkylation sites (tertiary alicyclic amines) is 1. The maximum atomic E-state index is 12.0. The molecule has 0 unspecified atom stereocenters. The quantitative estimate of drug-likeness (QED) is 0.904. The van der Waals surface area contributed by atoms with Gasteiger partial charge in [-0.3, -0.25) is 14.7 Å². The van der Waals surface area contributed by atoms with Gasteiger partial charge >= 0.3 is 0 Å². The summed E-state index contributed by atoms with van der Waals surface area (Å²) in [6.45, 7) is 1.88. The van der Waals surface area contributed by atoms with Crippen molar-refractivity contribution in [3.63, 3.8) is 0 Å². The third-order valence-corrected chi connectivity index (χ3v) is 4.19. The molecule has 1 saturated heterocycles.